The lowest BCUT2D eigenvalue weighted by molar-refractivity contribution is -0.124. The highest BCUT2D eigenvalue weighted by atomic mass is 16.1. The van der Waals surface area contributed by atoms with E-state index >= 15 is 0 Å². The summed E-state index contributed by atoms with van der Waals surface area (Å²) in [4.78, 5) is 12.0. The van der Waals surface area contributed by atoms with Crippen LogP contribution in [0.15, 0.2) is 36.4 Å². The third kappa shape index (κ3) is 2.44. The Hall–Kier alpha value is -2.14. The number of carbonyl (C=O) groups is 1. The van der Waals surface area contributed by atoms with Crippen molar-refractivity contribution in [2.45, 2.75) is 32.1 Å². The van der Waals surface area contributed by atoms with E-state index in [1.165, 1.54) is 5.56 Å². The SMILES string of the molecule is N#Cc1ccc2cccc(C[C@@H]3CCCCC3=O)c2c1. The molecular formula is C18H17NO. The van der Waals surface area contributed by atoms with Crippen LogP contribution in [0, 0.1) is 17.2 Å². The van der Waals surface area contributed by atoms with Gasteiger partial charge in [-0.25, -0.2) is 0 Å². The molecular weight excluding hydrogens is 246 g/mol. The van der Waals surface area contributed by atoms with Crippen LogP contribution in [0.5, 0.6) is 0 Å². The van der Waals surface area contributed by atoms with Gasteiger partial charge in [0.2, 0.25) is 0 Å². The predicted molar refractivity (Wildman–Crippen MR) is 79.3 cm³/mol. The van der Waals surface area contributed by atoms with Gasteiger partial charge in [0.1, 0.15) is 5.78 Å². The molecule has 0 radical (unpaired) electrons. The van der Waals surface area contributed by atoms with Crippen LogP contribution in [-0.2, 0) is 11.2 Å². The summed E-state index contributed by atoms with van der Waals surface area (Å²) in [6.07, 6.45) is 4.76. The van der Waals surface area contributed by atoms with Gasteiger partial charge in [0.25, 0.3) is 0 Å². The Kier molecular flexibility index (Phi) is 3.52. The van der Waals surface area contributed by atoms with Gasteiger partial charge in [-0.3, -0.25) is 4.79 Å². The summed E-state index contributed by atoms with van der Waals surface area (Å²) in [6, 6.07) is 14.2. The van der Waals surface area contributed by atoms with E-state index in [0.717, 1.165) is 42.9 Å². The molecule has 3 rings (SSSR count). The maximum absolute atomic E-state index is 12.0. The van der Waals surface area contributed by atoms with Gasteiger partial charge >= 0.3 is 0 Å². The lowest BCUT2D eigenvalue weighted by Crippen LogP contribution is -2.21. The predicted octanol–water partition coefficient (Wildman–Crippen LogP) is 4.01. The van der Waals surface area contributed by atoms with Crippen molar-refractivity contribution in [2.24, 2.45) is 5.92 Å². The molecule has 100 valence electrons. The third-order valence-corrected chi connectivity index (χ3v) is 4.25. The Labute approximate surface area is 119 Å². The first-order chi connectivity index (χ1) is 9.78. The standard InChI is InChI=1S/C18H17NO/c19-12-13-8-9-14-5-3-6-15(17(14)10-13)11-16-4-1-2-7-18(16)20/h3,5-6,8-10,16H,1-2,4,7,11H2/t16-/m0/s1. The molecule has 0 bridgehead atoms. The highest BCUT2D eigenvalue weighted by molar-refractivity contribution is 5.88. The second kappa shape index (κ2) is 5.46. The smallest absolute Gasteiger partial charge is 0.136 e. The fourth-order valence-electron chi connectivity index (χ4n) is 3.12. The number of rotatable bonds is 2. The topological polar surface area (TPSA) is 40.9 Å². The first kappa shape index (κ1) is 12.9. The van der Waals surface area contributed by atoms with E-state index in [1.807, 2.05) is 24.3 Å². The maximum Gasteiger partial charge on any atom is 0.136 e. The number of nitriles is 1. The summed E-state index contributed by atoms with van der Waals surface area (Å²) in [7, 11) is 0. The molecule has 0 unspecified atom stereocenters. The van der Waals surface area contributed by atoms with Gasteiger partial charge in [0.05, 0.1) is 11.6 Å². The molecule has 2 nitrogen and oxygen atoms in total. The van der Waals surface area contributed by atoms with Crippen LogP contribution < -0.4 is 0 Å². The van der Waals surface area contributed by atoms with E-state index in [2.05, 4.69) is 18.2 Å². The highest BCUT2D eigenvalue weighted by Crippen LogP contribution is 2.28. The maximum atomic E-state index is 12.0. The molecule has 1 fully saturated rings. The van der Waals surface area contributed by atoms with E-state index in [9.17, 15) is 4.79 Å². The molecule has 1 aliphatic rings. The van der Waals surface area contributed by atoms with Crippen molar-refractivity contribution in [3.63, 3.8) is 0 Å². The number of fused-ring (bicyclic) bond motifs is 1. The van der Waals surface area contributed by atoms with Crippen LogP contribution in [0.4, 0.5) is 0 Å². The van der Waals surface area contributed by atoms with Gasteiger partial charge in [-0.1, -0.05) is 30.7 Å². The van der Waals surface area contributed by atoms with Gasteiger partial charge in [-0.2, -0.15) is 5.26 Å². The fourth-order valence-corrected chi connectivity index (χ4v) is 3.12. The fraction of sp³-hybridized carbons (Fsp3) is 0.333. The zero-order valence-corrected chi connectivity index (χ0v) is 11.4. The molecule has 0 aromatic heterocycles. The Bertz CT molecular complexity index is 696. The van der Waals surface area contributed by atoms with Crippen LogP contribution >= 0.6 is 0 Å². The molecule has 0 saturated heterocycles. The van der Waals surface area contributed by atoms with Crippen molar-refractivity contribution in [3.8, 4) is 6.07 Å². The Morgan fingerprint density at radius 2 is 2.10 bits per heavy atom. The first-order valence-electron chi connectivity index (χ1n) is 7.22. The average molecular weight is 263 g/mol. The van der Waals surface area contributed by atoms with E-state index < -0.39 is 0 Å². The zero-order chi connectivity index (χ0) is 13.9. The molecule has 1 saturated carbocycles. The van der Waals surface area contributed by atoms with Gasteiger partial charge in [0.15, 0.2) is 0 Å². The molecule has 0 aliphatic heterocycles. The average Bonchev–Trinajstić information content (AvgIpc) is 2.49. The largest absolute Gasteiger partial charge is 0.299 e. The Morgan fingerprint density at radius 3 is 2.90 bits per heavy atom. The Morgan fingerprint density at radius 1 is 1.20 bits per heavy atom. The van der Waals surface area contributed by atoms with E-state index in [0.29, 0.717) is 11.3 Å². The number of benzene rings is 2. The lowest BCUT2D eigenvalue weighted by atomic mass is 9.82. The minimum Gasteiger partial charge on any atom is -0.299 e. The van der Waals surface area contributed by atoms with Gasteiger partial charge in [0, 0.05) is 12.3 Å². The third-order valence-electron chi connectivity index (χ3n) is 4.25. The van der Waals surface area contributed by atoms with Crippen molar-refractivity contribution in [1.29, 1.82) is 5.26 Å². The van der Waals surface area contributed by atoms with Crippen molar-refractivity contribution in [3.05, 3.63) is 47.5 Å². The molecule has 2 aromatic carbocycles. The van der Waals surface area contributed by atoms with Gasteiger partial charge in [-0.05, 0) is 47.7 Å². The summed E-state index contributed by atoms with van der Waals surface area (Å²) in [6.45, 7) is 0. The number of carbonyl (C=O) groups excluding carboxylic acids is 1. The molecule has 20 heavy (non-hydrogen) atoms. The minimum absolute atomic E-state index is 0.167. The summed E-state index contributed by atoms with van der Waals surface area (Å²) in [5.74, 6) is 0.574. The van der Waals surface area contributed by atoms with Gasteiger partial charge in [-0.15, -0.1) is 0 Å². The quantitative estimate of drug-likeness (QED) is 0.821. The second-order valence-electron chi connectivity index (χ2n) is 5.58. The van der Waals surface area contributed by atoms with Crippen LogP contribution in [0.25, 0.3) is 10.8 Å². The Balaban J connectivity index is 1.98. The van der Waals surface area contributed by atoms with Crippen LogP contribution in [0.2, 0.25) is 0 Å². The summed E-state index contributed by atoms with van der Waals surface area (Å²) in [5, 5.41) is 11.3. The summed E-state index contributed by atoms with van der Waals surface area (Å²) in [5.41, 5.74) is 1.87. The van der Waals surface area contributed by atoms with Crippen molar-refractivity contribution in [1.82, 2.24) is 0 Å². The molecule has 0 amide bonds. The number of Topliss-reactive ketones (excluding diaryl/α,β-unsaturated/α-hetero) is 1. The number of ketones is 1. The summed E-state index contributed by atoms with van der Waals surface area (Å²) >= 11 is 0. The second-order valence-corrected chi connectivity index (χ2v) is 5.58. The monoisotopic (exact) mass is 263 g/mol. The number of nitrogens with zero attached hydrogens (tertiary/aromatic N) is 1. The van der Waals surface area contributed by atoms with Crippen molar-refractivity contribution >= 4 is 16.6 Å². The van der Waals surface area contributed by atoms with Gasteiger partial charge < -0.3 is 0 Å². The first-order valence-corrected chi connectivity index (χ1v) is 7.22. The van der Waals surface area contributed by atoms with Crippen molar-refractivity contribution in [2.75, 3.05) is 0 Å². The highest BCUT2D eigenvalue weighted by Gasteiger charge is 2.22. The van der Waals surface area contributed by atoms with E-state index in [4.69, 9.17) is 5.26 Å². The number of hydrogen-bond donors (Lipinski definition) is 0. The zero-order valence-electron chi connectivity index (χ0n) is 11.4. The lowest BCUT2D eigenvalue weighted by Gasteiger charge is -2.21. The van der Waals surface area contributed by atoms with Crippen molar-refractivity contribution < 1.29 is 4.79 Å². The van der Waals surface area contributed by atoms with Crippen LogP contribution in [0.3, 0.4) is 0 Å². The molecule has 0 heterocycles. The van der Waals surface area contributed by atoms with Crippen LogP contribution in [-0.4, -0.2) is 5.78 Å². The molecule has 1 aliphatic carbocycles. The minimum atomic E-state index is 0.167. The molecule has 0 N–H and O–H groups in total. The molecule has 2 aromatic rings. The van der Waals surface area contributed by atoms with Crippen LogP contribution in [0.1, 0.15) is 36.8 Å². The van der Waals surface area contributed by atoms with E-state index in [-0.39, 0.29) is 5.92 Å². The normalized spacial score (nSPS) is 18.9. The molecule has 1 atom stereocenters. The molecule has 2 heteroatoms. The number of hydrogen-bond acceptors (Lipinski definition) is 2. The van der Waals surface area contributed by atoms with E-state index in [1.54, 1.807) is 0 Å². The summed E-state index contributed by atoms with van der Waals surface area (Å²) < 4.78 is 0. The molecule has 0 spiro atoms.